The molecule has 19 heavy (non-hydrogen) atoms. The Morgan fingerprint density at radius 1 is 0.895 bits per heavy atom. The topological polar surface area (TPSA) is 34.2 Å². The van der Waals surface area contributed by atoms with Gasteiger partial charge in [0.15, 0.2) is 5.79 Å². The number of fused-ring (bicyclic) bond motifs is 1. The third-order valence-electron chi connectivity index (χ3n) is 4.43. The van der Waals surface area contributed by atoms with Gasteiger partial charge in [-0.15, -0.1) is 0 Å². The number of hydrogen-bond donors (Lipinski definition) is 1. The van der Waals surface area contributed by atoms with Crippen LogP contribution >= 0.6 is 0 Å². The zero-order valence-electron chi connectivity index (χ0n) is 12.2. The molecule has 1 aromatic carbocycles. The molecule has 0 spiro atoms. The lowest BCUT2D eigenvalue weighted by Gasteiger charge is -2.30. The van der Waals surface area contributed by atoms with Crippen LogP contribution < -0.4 is 0 Å². The van der Waals surface area contributed by atoms with Gasteiger partial charge >= 0.3 is 0 Å². The van der Waals surface area contributed by atoms with E-state index in [-0.39, 0.29) is 11.2 Å². The van der Waals surface area contributed by atoms with E-state index >= 15 is 0 Å². The SMILES string of the molecule is CC1(c2cccc3[nH]ccc23)OC(C)(C)C(C)(C)O1. The molecule has 1 saturated heterocycles. The first-order valence-electron chi connectivity index (χ1n) is 6.72. The summed E-state index contributed by atoms with van der Waals surface area (Å²) in [5.41, 5.74) is 1.51. The van der Waals surface area contributed by atoms with Crippen LogP contribution in [0.15, 0.2) is 30.5 Å². The molecule has 1 aromatic heterocycles. The minimum atomic E-state index is -0.714. The second-order valence-corrected chi connectivity index (χ2v) is 6.41. The lowest BCUT2D eigenvalue weighted by Crippen LogP contribution is -2.41. The van der Waals surface area contributed by atoms with Gasteiger partial charge in [-0.25, -0.2) is 0 Å². The fourth-order valence-corrected chi connectivity index (χ4v) is 2.83. The van der Waals surface area contributed by atoms with Crippen molar-refractivity contribution in [2.45, 2.75) is 51.6 Å². The van der Waals surface area contributed by atoms with Gasteiger partial charge in [0.05, 0.1) is 11.2 Å². The molecule has 3 heteroatoms. The first-order valence-corrected chi connectivity index (χ1v) is 6.72. The summed E-state index contributed by atoms with van der Waals surface area (Å²) in [5, 5.41) is 1.15. The van der Waals surface area contributed by atoms with Crippen molar-refractivity contribution in [1.29, 1.82) is 0 Å². The van der Waals surface area contributed by atoms with E-state index in [1.54, 1.807) is 0 Å². The molecule has 2 heterocycles. The summed E-state index contributed by atoms with van der Waals surface area (Å²) in [4.78, 5) is 3.23. The first-order chi connectivity index (χ1) is 8.75. The summed E-state index contributed by atoms with van der Waals surface area (Å²) >= 11 is 0. The van der Waals surface area contributed by atoms with Gasteiger partial charge in [0.25, 0.3) is 0 Å². The molecule has 0 aliphatic carbocycles. The van der Waals surface area contributed by atoms with Crippen molar-refractivity contribution >= 4 is 10.9 Å². The molecule has 0 atom stereocenters. The highest BCUT2D eigenvalue weighted by Crippen LogP contribution is 2.49. The average molecular weight is 259 g/mol. The molecule has 2 aromatic rings. The number of nitrogens with one attached hydrogen (secondary N) is 1. The number of aromatic nitrogens is 1. The molecule has 0 bridgehead atoms. The molecule has 0 unspecified atom stereocenters. The fraction of sp³-hybridized carbons (Fsp3) is 0.500. The highest BCUT2D eigenvalue weighted by Gasteiger charge is 2.55. The largest absolute Gasteiger partial charge is 0.361 e. The average Bonchev–Trinajstić information content (AvgIpc) is 2.79. The van der Waals surface area contributed by atoms with E-state index in [9.17, 15) is 0 Å². The van der Waals surface area contributed by atoms with Crippen LogP contribution in [-0.2, 0) is 15.3 Å². The Labute approximate surface area is 113 Å². The quantitative estimate of drug-likeness (QED) is 0.841. The summed E-state index contributed by atoms with van der Waals surface area (Å²) in [6.45, 7) is 10.3. The molecule has 3 rings (SSSR count). The van der Waals surface area contributed by atoms with Crippen LogP contribution in [-0.4, -0.2) is 16.2 Å². The van der Waals surface area contributed by atoms with E-state index in [4.69, 9.17) is 9.47 Å². The summed E-state index contributed by atoms with van der Waals surface area (Å²) in [5.74, 6) is -0.714. The van der Waals surface area contributed by atoms with Crippen LogP contribution in [0.3, 0.4) is 0 Å². The second kappa shape index (κ2) is 3.62. The number of rotatable bonds is 1. The highest BCUT2D eigenvalue weighted by atomic mass is 16.8. The molecule has 102 valence electrons. The van der Waals surface area contributed by atoms with Crippen molar-refractivity contribution < 1.29 is 9.47 Å². The molecule has 1 aliphatic heterocycles. The third-order valence-corrected chi connectivity index (χ3v) is 4.43. The van der Waals surface area contributed by atoms with Crippen molar-refractivity contribution in [1.82, 2.24) is 4.98 Å². The van der Waals surface area contributed by atoms with Crippen LogP contribution in [0.25, 0.3) is 10.9 Å². The summed E-state index contributed by atoms with van der Waals surface area (Å²) < 4.78 is 12.6. The maximum absolute atomic E-state index is 6.28. The van der Waals surface area contributed by atoms with E-state index in [0.29, 0.717) is 0 Å². The van der Waals surface area contributed by atoms with Crippen molar-refractivity contribution in [2.75, 3.05) is 0 Å². The molecule has 0 amide bonds. The van der Waals surface area contributed by atoms with Crippen molar-refractivity contribution in [3.05, 3.63) is 36.0 Å². The van der Waals surface area contributed by atoms with Crippen LogP contribution in [0.2, 0.25) is 0 Å². The Hall–Kier alpha value is -1.32. The zero-order valence-corrected chi connectivity index (χ0v) is 12.2. The summed E-state index contributed by atoms with van der Waals surface area (Å²) in [7, 11) is 0. The monoisotopic (exact) mass is 259 g/mol. The zero-order chi connectivity index (χ0) is 13.9. The molecule has 3 nitrogen and oxygen atoms in total. The Morgan fingerprint density at radius 2 is 1.53 bits per heavy atom. The third kappa shape index (κ3) is 1.72. The van der Waals surface area contributed by atoms with Crippen LogP contribution in [0.4, 0.5) is 0 Å². The summed E-state index contributed by atoms with van der Waals surface area (Å²) in [6.07, 6.45) is 1.95. The van der Waals surface area contributed by atoms with E-state index in [0.717, 1.165) is 16.5 Å². The maximum Gasteiger partial charge on any atom is 0.194 e. The van der Waals surface area contributed by atoms with Gasteiger partial charge in [-0.05, 0) is 46.8 Å². The van der Waals surface area contributed by atoms with Crippen LogP contribution in [0, 0.1) is 0 Å². The molecule has 1 aliphatic rings. The van der Waals surface area contributed by atoms with Crippen LogP contribution in [0.5, 0.6) is 0 Å². The molecule has 0 radical (unpaired) electrons. The highest BCUT2D eigenvalue weighted by molar-refractivity contribution is 5.83. The predicted octanol–water partition coefficient (Wildman–Crippen LogP) is 3.94. The number of benzene rings is 1. The number of aromatic amines is 1. The normalized spacial score (nSPS) is 23.8. The van der Waals surface area contributed by atoms with E-state index < -0.39 is 5.79 Å². The standard InChI is InChI=1S/C16H21NO2/c1-14(2)15(3,4)19-16(5,18-14)12-7-6-8-13-11(12)9-10-17-13/h6-10,17H,1-5H3. The van der Waals surface area contributed by atoms with Gasteiger partial charge in [-0.3, -0.25) is 0 Å². The van der Waals surface area contributed by atoms with Gasteiger partial charge in [0.2, 0.25) is 0 Å². The van der Waals surface area contributed by atoms with Gasteiger partial charge in [0, 0.05) is 22.7 Å². The lowest BCUT2D eigenvalue weighted by atomic mass is 9.90. The van der Waals surface area contributed by atoms with Gasteiger partial charge in [-0.2, -0.15) is 0 Å². The second-order valence-electron chi connectivity index (χ2n) is 6.41. The Morgan fingerprint density at radius 3 is 2.16 bits per heavy atom. The molecule has 1 fully saturated rings. The molecular formula is C16H21NO2. The van der Waals surface area contributed by atoms with Crippen molar-refractivity contribution in [2.24, 2.45) is 0 Å². The molecular weight excluding hydrogens is 238 g/mol. The minimum Gasteiger partial charge on any atom is -0.361 e. The Kier molecular flexibility index (Phi) is 2.42. The van der Waals surface area contributed by atoms with Gasteiger partial charge < -0.3 is 14.5 Å². The van der Waals surface area contributed by atoms with E-state index in [2.05, 4.69) is 50.9 Å². The number of H-pyrrole nitrogens is 1. The Bertz CT molecular complexity index is 608. The lowest BCUT2D eigenvalue weighted by molar-refractivity contribution is -0.185. The van der Waals surface area contributed by atoms with Gasteiger partial charge in [-0.1, -0.05) is 12.1 Å². The minimum absolute atomic E-state index is 0.333. The fourth-order valence-electron chi connectivity index (χ4n) is 2.83. The first kappa shape index (κ1) is 12.7. The number of ether oxygens (including phenoxy) is 2. The smallest absolute Gasteiger partial charge is 0.194 e. The van der Waals surface area contributed by atoms with Gasteiger partial charge in [0.1, 0.15) is 0 Å². The molecule has 0 saturated carbocycles. The Balaban J connectivity index is 2.15. The van der Waals surface area contributed by atoms with E-state index in [1.165, 1.54) is 0 Å². The molecule has 1 N–H and O–H groups in total. The number of hydrogen-bond acceptors (Lipinski definition) is 2. The maximum atomic E-state index is 6.28. The predicted molar refractivity (Wildman–Crippen MR) is 76.0 cm³/mol. The van der Waals surface area contributed by atoms with Crippen molar-refractivity contribution in [3.8, 4) is 0 Å². The summed E-state index contributed by atoms with van der Waals surface area (Å²) in [6, 6.07) is 8.24. The van der Waals surface area contributed by atoms with Crippen molar-refractivity contribution in [3.63, 3.8) is 0 Å². The van der Waals surface area contributed by atoms with Crippen LogP contribution in [0.1, 0.15) is 40.2 Å². The van der Waals surface area contributed by atoms with E-state index in [1.807, 2.05) is 19.2 Å².